The summed E-state index contributed by atoms with van der Waals surface area (Å²) < 4.78 is 1.52. The van der Waals surface area contributed by atoms with Gasteiger partial charge in [-0.3, -0.25) is 19.7 Å². The van der Waals surface area contributed by atoms with E-state index in [4.69, 9.17) is 5.11 Å². The van der Waals surface area contributed by atoms with Crippen LogP contribution in [0.3, 0.4) is 0 Å². The molecule has 8 heteroatoms. The van der Waals surface area contributed by atoms with Crippen LogP contribution in [0.5, 0.6) is 0 Å². The summed E-state index contributed by atoms with van der Waals surface area (Å²) in [4.78, 5) is 35.0. The zero-order valence-corrected chi connectivity index (χ0v) is 11.7. The van der Waals surface area contributed by atoms with Crippen molar-refractivity contribution in [1.82, 2.24) is 9.47 Å². The molecule has 0 spiro atoms. The van der Waals surface area contributed by atoms with Crippen molar-refractivity contribution in [2.24, 2.45) is 0 Å². The number of carbonyl (C=O) groups is 2. The lowest BCUT2D eigenvalue weighted by Crippen LogP contribution is -2.36. The van der Waals surface area contributed by atoms with E-state index in [9.17, 15) is 19.7 Å². The molecule has 1 aromatic heterocycles. The summed E-state index contributed by atoms with van der Waals surface area (Å²) >= 11 is 0. The summed E-state index contributed by atoms with van der Waals surface area (Å²) in [5, 5.41) is 19.6. The number of nitro groups is 1. The van der Waals surface area contributed by atoms with E-state index in [2.05, 4.69) is 0 Å². The van der Waals surface area contributed by atoms with Gasteiger partial charge in [-0.2, -0.15) is 0 Å². The Morgan fingerprint density at radius 3 is 2.67 bits per heavy atom. The Hall–Kier alpha value is -2.38. The zero-order valence-electron chi connectivity index (χ0n) is 11.7. The molecule has 1 saturated carbocycles. The topological polar surface area (TPSA) is 106 Å². The fourth-order valence-corrected chi connectivity index (χ4v) is 2.23. The Morgan fingerprint density at radius 2 is 2.19 bits per heavy atom. The number of carbonyl (C=O) groups excluding carboxylic acids is 1. The van der Waals surface area contributed by atoms with Crippen molar-refractivity contribution in [2.75, 3.05) is 6.54 Å². The van der Waals surface area contributed by atoms with E-state index in [0.29, 0.717) is 6.54 Å². The van der Waals surface area contributed by atoms with Gasteiger partial charge in [-0.05, 0) is 19.8 Å². The first-order valence-corrected chi connectivity index (χ1v) is 6.81. The van der Waals surface area contributed by atoms with E-state index in [0.717, 1.165) is 12.8 Å². The molecule has 1 amide bonds. The minimum absolute atomic E-state index is 0.0520. The molecule has 0 aromatic carbocycles. The predicted octanol–water partition coefficient (Wildman–Crippen LogP) is 1.50. The number of amides is 1. The van der Waals surface area contributed by atoms with Crippen molar-refractivity contribution in [3.63, 3.8) is 0 Å². The molecule has 1 heterocycles. The first kappa shape index (κ1) is 15.0. The number of carboxylic acids is 1. The highest BCUT2D eigenvalue weighted by atomic mass is 16.6. The average molecular weight is 295 g/mol. The van der Waals surface area contributed by atoms with Crippen molar-refractivity contribution < 1.29 is 19.6 Å². The largest absolute Gasteiger partial charge is 0.481 e. The molecule has 1 fully saturated rings. The van der Waals surface area contributed by atoms with E-state index < -0.39 is 10.9 Å². The van der Waals surface area contributed by atoms with Crippen LogP contribution in [0.25, 0.3) is 0 Å². The highest BCUT2D eigenvalue weighted by molar-refractivity contribution is 5.94. The van der Waals surface area contributed by atoms with E-state index in [1.165, 1.54) is 21.7 Å². The number of hydrogen-bond acceptors (Lipinski definition) is 4. The van der Waals surface area contributed by atoms with Crippen molar-refractivity contribution in [3.8, 4) is 0 Å². The van der Waals surface area contributed by atoms with E-state index in [1.54, 1.807) is 6.92 Å². The van der Waals surface area contributed by atoms with E-state index in [-0.39, 0.29) is 36.3 Å². The molecule has 2 rings (SSSR count). The lowest BCUT2D eigenvalue weighted by atomic mass is 10.3. The molecule has 1 aliphatic rings. The molecule has 0 unspecified atom stereocenters. The maximum Gasteiger partial charge on any atom is 0.305 e. The Morgan fingerprint density at radius 1 is 1.52 bits per heavy atom. The molecule has 0 aliphatic heterocycles. The fourth-order valence-electron chi connectivity index (χ4n) is 2.23. The van der Waals surface area contributed by atoms with Gasteiger partial charge in [-0.1, -0.05) is 0 Å². The Bertz CT molecular complexity index is 576. The summed E-state index contributed by atoms with van der Waals surface area (Å²) in [6, 6.07) is 1.30. The molecule has 8 nitrogen and oxygen atoms in total. The highest BCUT2D eigenvalue weighted by Gasteiger charge is 2.35. The molecule has 0 atom stereocenters. The van der Waals surface area contributed by atoms with Gasteiger partial charge in [0.2, 0.25) is 0 Å². The quantitative estimate of drug-likeness (QED) is 0.606. The van der Waals surface area contributed by atoms with Crippen LogP contribution >= 0.6 is 0 Å². The number of hydrogen-bond donors (Lipinski definition) is 1. The van der Waals surface area contributed by atoms with Crippen LogP contribution in [-0.2, 0) is 11.3 Å². The van der Waals surface area contributed by atoms with Crippen molar-refractivity contribution in [1.29, 1.82) is 0 Å². The lowest BCUT2D eigenvalue weighted by molar-refractivity contribution is -0.384. The fraction of sp³-hybridized carbons (Fsp3) is 0.538. The summed E-state index contributed by atoms with van der Waals surface area (Å²) in [7, 11) is 0. The standard InChI is InChI=1S/C13H17N3O5/c1-2-14-8-10(16(20)21)7-11(14)13(19)15(9-3-4-9)6-5-12(17)18/h7-9H,2-6H2,1H3,(H,17,18). The second-order valence-corrected chi connectivity index (χ2v) is 5.00. The molecule has 0 saturated heterocycles. The van der Waals surface area contributed by atoms with Crippen LogP contribution in [0.1, 0.15) is 36.7 Å². The predicted molar refractivity (Wildman–Crippen MR) is 73.1 cm³/mol. The van der Waals surface area contributed by atoms with Crippen LogP contribution < -0.4 is 0 Å². The molecule has 1 aromatic rings. The SMILES string of the molecule is CCn1cc([N+](=O)[O-])cc1C(=O)N(CCC(=O)O)C1CC1. The normalized spacial score (nSPS) is 14.0. The first-order valence-electron chi connectivity index (χ1n) is 6.81. The summed E-state index contributed by atoms with van der Waals surface area (Å²) in [5.74, 6) is -1.31. The minimum atomic E-state index is -0.967. The number of nitrogens with zero attached hydrogens (tertiary/aromatic N) is 3. The number of aromatic nitrogens is 1. The molecule has 1 N–H and O–H groups in total. The third-order valence-electron chi connectivity index (χ3n) is 3.47. The molecule has 21 heavy (non-hydrogen) atoms. The third kappa shape index (κ3) is 3.39. The number of carboxylic acid groups (broad SMARTS) is 1. The summed E-state index contributed by atoms with van der Waals surface area (Å²) in [5.41, 5.74) is 0.107. The number of aliphatic carboxylic acids is 1. The molecule has 0 radical (unpaired) electrons. The van der Waals surface area contributed by atoms with Gasteiger partial charge in [-0.15, -0.1) is 0 Å². The lowest BCUT2D eigenvalue weighted by Gasteiger charge is -2.22. The molecule has 0 bridgehead atoms. The van der Waals surface area contributed by atoms with Gasteiger partial charge in [0.1, 0.15) is 5.69 Å². The van der Waals surface area contributed by atoms with Crippen molar-refractivity contribution >= 4 is 17.6 Å². The average Bonchev–Trinajstić information content (AvgIpc) is 3.16. The molecule has 114 valence electrons. The zero-order chi connectivity index (χ0) is 15.6. The second-order valence-electron chi connectivity index (χ2n) is 5.00. The molecular formula is C13H17N3O5. The van der Waals surface area contributed by atoms with Crippen molar-refractivity contribution in [3.05, 3.63) is 28.1 Å². The van der Waals surface area contributed by atoms with Gasteiger partial charge in [0.05, 0.1) is 17.5 Å². The summed E-state index contributed by atoms with van der Waals surface area (Å²) in [6.45, 7) is 2.35. The maximum atomic E-state index is 12.5. The second kappa shape index (κ2) is 5.94. The smallest absolute Gasteiger partial charge is 0.305 e. The van der Waals surface area contributed by atoms with Crippen LogP contribution in [0.4, 0.5) is 5.69 Å². The minimum Gasteiger partial charge on any atom is -0.481 e. The van der Waals surface area contributed by atoms with Gasteiger partial charge < -0.3 is 14.6 Å². The van der Waals surface area contributed by atoms with Crippen molar-refractivity contribution in [2.45, 2.75) is 38.8 Å². The van der Waals surface area contributed by atoms with E-state index >= 15 is 0 Å². The monoisotopic (exact) mass is 295 g/mol. The highest BCUT2D eigenvalue weighted by Crippen LogP contribution is 2.29. The van der Waals surface area contributed by atoms with Gasteiger partial charge in [-0.25, -0.2) is 0 Å². The van der Waals surface area contributed by atoms with Gasteiger partial charge in [0, 0.05) is 25.2 Å². The Balaban J connectivity index is 2.23. The van der Waals surface area contributed by atoms with Gasteiger partial charge >= 0.3 is 5.97 Å². The maximum absolute atomic E-state index is 12.5. The van der Waals surface area contributed by atoms with Gasteiger partial charge in [0.15, 0.2) is 0 Å². The van der Waals surface area contributed by atoms with Crippen LogP contribution in [0.15, 0.2) is 12.3 Å². The Kier molecular flexibility index (Phi) is 4.25. The molecular weight excluding hydrogens is 278 g/mol. The number of rotatable bonds is 7. The van der Waals surface area contributed by atoms with Crippen LogP contribution in [0, 0.1) is 10.1 Å². The Labute approximate surface area is 121 Å². The van der Waals surface area contributed by atoms with Gasteiger partial charge in [0.25, 0.3) is 11.6 Å². The third-order valence-corrected chi connectivity index (χ3v) is 3.47. The van der Waals surface area contributed by atoms with Crippen LogP contribution in [0.2, 0.25) is 0 Å². The van der Waals surface area contributed by atoms with E-state index in [1.807, 2.05) is 0 Å². The number of aryl methyl sites for hydroxylation is 1. The van der Waals surface area contributed by atoms with Crippen LogP contribution in [-0.4, -0.2) is 44.0 Å². The summed E-state index contributed by atoms with van der Waals surface area (Å²) in [6.07, 6.45) is 2.90. The first-order chi connectivity index (χ1) is 9.93. The molecule has 1 aliphatic carbocycles.